The van der Waals surface area contributed by atoms with E-state index in [0.717, 1.165) is 29.5 Å². The summed E-state index contributed by atoms with van der Waals surface area (Å²) in [6.45, 7) is 2.08. The Hall–Kier alpha value is -2.36. The molecule has 0 aromatic heterocycles. The van der Waals surface area contributed by atoms with E-state index < -0.39 is 0 Å². The summed E-state index contributed by atoms with van der Waals surface area (Å²) < 4.78 is 0. The summed E-state index contributed by atoms with van der Waals surface area (Å²) in [6.07, 6.45) is 3.67. The van der Waals surface area contributed by atoms with Crippen LogP contribution in [0.4, 0.5) is 5.69 Å². The second kappa shape index (κ2) is 4.58. The normalized spacial score (nSPS) is 18.0. The van der Waals surface area contributed by atoms with Gasteiger partial charge in [-0.2, -0.15) is 0 Å². The van der Waals surface area contributed by atoms with Crippen LogP contribution in [-0.4, -0.2) is 24.9 Å². The predicted octanol–water partition coefficient (Wildman–Crippen LogP) is 2.71. The van der Waals surface area contributed by atoms with Crippen molar-refractivity contribution in [1.82, 2.24) is 5.32 Å². The van der Waals surface area contributed by atoms with Crippen LogP contribution in [-0.2, 0) is 0 Å². The maximum Gasteiger partial charge on any atom is 0.258 e. The van der Waals surface area contributed by atoms with Gasteiger partial charge in [-0.05, 0) is 37.5 Å². The van der Waals surface area contributed by atoms with E-state index in [-0.39, 0.29) is 11.8 Å². The first-order valence-electron chi connectivity index (χ1n) is 7.42. The Morgan fingerprint density at radius 3 is 2.33 bits per heavy atom. The Kier molecular flexibility index (Phi) is 2.70. The lowest BCUT2D eigenvalue weighted by atomic mass is 9.93. The highest BCUT2D eigenvalue weighted by Crippen LogP contribution is 2.34. The lowest BCUT2D eigenvalue weighted by Crippen LogP contribution is -2.35. The second-order valence-electron chi connectivity index (χ2n) is 5.69. The van der Waals surface area contributed by atoms with Crippen molar-refractivity contribution in [3.63, 3.8) is 0 Å². The molecule has 0 radical (unpaired) electrons. The van der Waals surface area contributed by atoms with Gasteiger partial charge in [0.15, 0.2) is 0 Å². The number of carbonyl (C=O) groups excluding carboxylic acids is 2. The summed E-state index contributed by atoms with van der Waals surface area (Å²) >= 11 is 0. The van der Waals surface area contributed by atoms with Crippen molar-refractivity contribution >= 4 is 28.3 Å². The number of anilines is 1. The highest BCUT2D eigenvalue weighted by molar-refractivity contribution is 6.26. The summed E-state index contributed by atoms with van der Waals surface area (Å²) in [5.74, 6) is -0.595. The minimum absolute atomic E-state index is 0.297. The van der Waals surface area contributed by atoms with E-state index in [4.69, 9.17) is 0 Å². The van der Waals surface area contributed by atoms with Crippen LogP contribution in [0.5, 0.6) is 0 Å². The molecule has 0 saturated carbocycles. The average Bonchev–Trinajstić information content (AvgIpc) is 2.53. The summed E-state index contributed by atoms with van der Waals surface area (Å²) in [5, 5.41) is 4.21. The van der Waals surface area contributed by atoms with E-state index >= 15 is 0 Å². The van der Waals surface area contributed by atoms with Gasteiger partial charge in [0.25, 0.3) is 11.8 Å². The third-order valence-corrected chi connectivity index (χ3v) is 4.43. The molecule has 0 bridgehead atoms. The highest BCUT2D eigenvalue weighted by atomic mass is 16.2. The molecule has 21 heavy (non-hydrogen) atoms. The fourth-order valence-electron chi connectivity index (χ4n) is 3.42. The zero-order chi connectivity index (χ0) is 14.4. The van der Waals surface area contributed by atoms with E-state index in [2.05, 4.69) is 10.2 Å². The SMILES string of the molecule is O=C1NC(=O)c2ccc(N3CCCCC3)c3cccc1c23. The fourth-order valence-corrected chi connectivity index (χ4v) is 3.42. The number of carbonyl (C=O) groups is 2. The van der Waals surface area contributed by atoms with Crippen molar-refractivity contribution in [2.45, 2.75) is 19.3 Å². The molecular formula is C17H16N2O2. The molecule has 0 spiro atoms. The number of nitrogens with zero attached hydrogens (tertiary/aromatic N) is 1. The zero-order valence-electron chi connectivity index (χ0n) is 11.7. The molecule has 4 heteroatoms. The largest absolute Gasteiger partial charge is 0.371 e. The molecule has 1 saturated heterocycles. The molecule has 2 aromatic rings. The van der Waals surface area contributed by atoms with Crippen LogP contribution in [0.15, 0.2) is 30.3 Å². The maximum absolute atomic E-state index is 12.0. The Morgan fingerprint density at radius 1 is 0.857 bits per heavy atom. The Morgan fingerprint density at radius 2 is 1.57 bits per heavy atom. The topological polar surface area (TPSA) is 49.4 Å². The minimum Gasteiger partial charge on any atom is -0.371 e. The predicted molar refractivity (Wildman–Crippen MR) is 81.8 cm³/mol. The molecule has 1 fully saturated rings. The monoisotopic (exact) mass is 280 g/mol. The van der Waals surface area contributed by atoms with Crippen molar-refractivity contribution in [2.24, 2.45) is 0 Å². The number of hydrogen-bond acceptors (Lipinski definition) is 3. The Labute approximate surface area is 122 Å². The van der Waals surface area contributed by atoms with Gasteiger partial charge in [0.2, 0.25) is 0 Å². The van der Waals surface area contributed by atoms with Gasteiger partial charge in [0.05, 0.1) is 0 Å². The van der Waals surface area contributed by atoms with Gasteiger partial charge >= 0.3 is 0 Å². The summed E-state index contributed by atoms with van der Waals surface area (Å²) in [6, 6.07) is 9.55. The third-order valence-electron chi connectivity index (χ3n) is 4.43. The molecule has 2 aliphatic rings. The average molecular weight is 280 g/mol. The first-order chi connectivity index (χ1) is 10.3. The van der Waals surface area contributed by atoms with E-state index in [1.54, 1.807) is 6.07 Å². The van der Waals surface area contributed by atoms with Crippen LogP contribution in [0.2, 0.25) is 0 Å². The quantitative estimate of drug-likeness (QED) is 0.817. The minimum atomic E-state index is -0.297. The fraction of sp³-hybridized carbons (Fsp3) is 0.294. The van der Waals surface area contributed by atoms with Crippen LogP contribution in [0.25, 0.3) is 10.8 Å². The number of amides is 2. The van der Waals surface area contributed by atoms with Crippen molar-refractivity contribution in [1.29, 1.82) is 0 Å². The Balaban J connectivity index is 1.98. The van der Waals surface area contributed by atoms with Gasteiger partial charge in [-0.1, -0.05) is 12.1 Å². The number of piperidine rings is 1. The summed E-state index contributed by atoms with van der Waals surface area (Å²) in [7, 11) is 0. The van der Waals surface area contributed by atoms with Gasteiger partial charge < -0.3 is 4.90 Å². The zero-order valence-corrected chi connectivity index (χ0v) is 11.7. The van der Waals surface area contributed by atoms with Crippen LogP contribution in [0.3, 0.4) is 0 Å². The molecular weight excluding hydrogens is 264 g/mol. The molecule has 0 unspecified atom stereocenters. The molecule has 2 heterocycles. The molecule has 2 aliphatic heterocycles. The van der Waals surface area contributed by atoms with Crippen LogP contribution >= 0.6 is 0 Å². The third kappa shape index (κ3) is 1.82. The van der Waals surface area contributed by atoms with Gasteiger partial charge in [0, 0.05) is 40.7 Å². The number of hydrogen-bond donors (Lipinski definition) is 1. The number of imide groups is 1. The molecule has 1 N–H and O–H groups in total. The lowest BCUT2D eigenvalue weighted by molar-refractivity contribution is 0.0845. The van der Waals surface area contributed by atoms with Crippen molar-refractivity contribution in [3.05, 3.63) is 41.5 Å². The van der Waals surface area contributed by atoms with Crippen LogP contribution in [0, 0.1) is 0 Å². The second-order valence-corrected chi connectivity index (χ2v) is 5.69. The number of nitrogens with one attached hydrogen (secondary N) is 1. The highest BCUT2D eigenvalue weighted by Gasteiger charge is 2.26. The molecule has 4 rings (SSSR count). The van der Waals surface area contributed by atoms with E-state index in [0.29, 0.717) is 11.1 Å². The molecule has 0 aliphatic carbocycles. The summed E-state index contributed by atoms with van der Waals surface area (Å²) in [5.41, 5.74) is 2.33. The van der Waals surface area contributed by atoms with Crippen molar-refractivity contribution in [2.75, 3.05) is 18.0 Å². The van der Waals surface area contributed by atoms with Gasteiger partial charge in [-0.15, -0.1) is 0 Å². The molecule has 0 atom stereocenters. The van der Waals surface area contributed by atoms with Crippen LogP contribution < -0.4 is 10.2 Å². The van der Waals surface area contributed by atoms with Gasteiger partial charge in [-0.25, -0.2) is 0 Å². The van der Waals surface area contributed by atoms with Gasteiger partial charge in [0.1, 0.15) is 0 Å². The van der Waals surface area contributed by atoms with Gasteiger partial charge in [-0.3, -0.25) is 14.9 Å². The number of benzene rings is 2. The first-order valence-corrected chi connectivity index (χ1v) is 7.42. The van der Waals surface area contributed by atoms with E-state index in [9.17, 15) is 9.59 Å². The van der Waals surface area contributed by atoms with Crippen LogP contribution in [0.1, 0.15) is 40.0 Å². The maximum atomic E-state index is 12.0. The molecule has 2 amide bonds. The standard InChI is InChI=1S/C17H16N2O2/c20-16-12-6-4-5-11-14(19-9-2-1-3-10-19)8-7-13(15(11)12)17(21)18-16/h4-8H,1-3,9-10H2,(H,18,20,21). The molecule has 2 aromatic carbocycles. The van der Waals surface area contributed by atoms with Crippen molar-refractivity contribution < 1.29 is 9.59 Å². The van der Waals surface area contributed by atoms with Crippen molar-refractivity contribution in [3.8, 4) is 0 Å². The smallest absolute Gasteiger partial charge is 0.258 e. The lowest BCUT2D eigenvalue weighted by Gasteiger charge is -2.31. The van der Waals surface area contributed by atoms with E-state index in [1.165, 1.54) is 19.3 Å². The Bertz CT molecular complexity index is 740. The number of rotatable bonds is 1. The molecule has 106 valence electrons. The molecule has 4 nitrogen and oxygen atoms in total. The van der Waals surface area contributed by atoms with E-state index in [1.807, 2.05) is 24.3 Å². The summed E-state index contributed by atoms with van der Waals surface area (Å²) in [4.78, 5) is 26.4. The first kappa shape index (κ1) is 12.4.